The van der Waals surface area contributed by atoms with Crippen molar-refractivity contribution in [3.63, 3.8) is 0 Å². The van der Waals surface area contributed by atoms with E-state index in [4.69, 9.17) is 0 Å². The Morgan fingerprint density at radius 2 is 1.84 bits per heavy atom. The molecule has 0 spiro atoms. The average molecular weight is 423 g/mol. The van der Waals surface area contributed by atoms with Gasteiger partial charge in [0.1, 0.15) is 5.69 Å². The minimum absolute atomic E-state index is 0.128. The molecule has 0 aliphatic carbocycles. The van der Waals surface area contributed by atoms with E-state index in [9.17, 15) is 14.4 Å². The highest BCUT2D eigenvalue weighted by molar-refractivity contribution is 6.06. The zero-order chi connectivity index (χ0) is 22.0. The van der Waals surface area contributed by atoms with E-state index in [-0.39, 0.29) is 23.8 Å². The van der Waals surface area contributed by atoms with E-state index in [1.807, 2.05) is 41.5 Å². The monoisotopic (exact) mass is 422 g/mol. The molecule has 0 bridgehead atoms. The van der Waals surface area contributed by atoms with Crippen molar-refractivity contribution in [3.05, 3.63) is 52.8 Å². The van der Waals surface area contributed by atoms with Gasteiger partial charge in [-0.25, -0.2) is 0 Å². The number of nitrogens with zero attached hydrogens (tertiary/aromatic N) is 2. The molecule has 7 nitrogen and oxygen atoms in total. The van der Waals surface area contributed by atoms with Crippen LogP contribution in [0.4, 0.5) is 5.69 Å². The molecule has 31 heavy (non-hydrogen) atoms. The maximum absolute atomic E-state index is 12.9. The van der Waals surface area contributed by atoms with Gasteiger partial charge in [-0.15, -0.1) is 0 Å². The largest absolute Gasteiger partial charge is 0.349 e. The predicted octanol–water partition coefficient (Wildman–Crippen LogP) is 3.43. The Balaban J connectivity index is 1.50. The summed E-state index contributed by atoms with van der Waals surface area (Å²) in [5.74, 6) is -0.271. The summed E-state index contributed by atoms with van der Waals surface area (Å²) in [4.78, 5) is 40.0. The van der Waals surface area contributed by atoms with Crippen LogP contribution in [0.15, 0.2) is 30.5 Å². The molecule has 1 fully saturated rings. The quantitative estimate of drug-likeness (QED) is 0.792. The molecular formula is C24H30N4O3. The fourth-order valence-electron chi connectivity index (χ4n) is 4.52. The molecule has 0 radical (unpaired) electrons. The lowest BCUT2D eigenvalue weighted by molar-refractivity contribution is -0.132. The second-order valence-corrected chi connectivity index (χ2v) is 8.66. The van der Waals surface area contributed by atoms with Crippen LogP contribution in [0.2, 0.25) is 0 Å². The van der Waals surface area contributed by atoms with Gasteiger partial charge in [-0.1, -0.05) is 30.5 Å². The van der Waals surface area contributed by atoms with Crippen LogP contribution >= 0.6 is 0 Å². The molecule has 1 aromatic heterocycles. The Morgan fingerprint density at radius 1 is 1.10 bits per heavy atom. The first-order valence-electron chi connectivity index (χ1n) is 11.1. The minimum Gasteiger partial charge on any atom is -0.349 e. The normalized spacial score (nSPS) is 18.7. The SMILES string of the molecule is Cc1ccc(C(=O)Nc2cc3n(c2)C(CC(=O)N2CCCCCC2)CNC3=O)c(C)c1. The molecule has 2 aromatic rings. The third-order valence-corrected chi connectivity index (χ3v) is 6.23. The van der Waals surface area contributed by atoms with Crippen LogP contribution in [-0.2, 0) is 4.79 Å². The summed E-state index contributed by atoms with van der Waals surface area (Å²) in [6.45, 7) is 5.93. The fourth-order valence-corrected chi connectivity index (χ4v) is 4.52. The number of nitrogens with one attached hydrogen (secondary N) is 2. The standard InChI is InChI=1S/C24H30N4O3/c1-16-7-8-20(17(2)11-16)23(30)26-18-12-21-24(31)25-14-19(28(21)15-18)13-22(29)27-9-5-3-4-6-10-27/h7-8,11-12,15,19H,3-6,9-10,13-14H2,1-2H3,(H,25,31)(H,26,30). The van der Waals surface area contributed by atoms with Gasteiger partial charge in [0.2, 0.25) is 5.91 Å². The van der Waals surface area contributed by atoms with Gasteiger partial charge in [-0.05, 0) is 44.4 Å². The first-order chi connectivity index (χ1) is 14.9. The molecule has 3 amide bonds. The van der Waals surface area contributed by atoms with Crippen molar-refractivity contribution in [2.45, 2.75) is 52.0 Å². The van der Waals surface area contributed by atoms with Crippen LogP contribution in [0, 0.1) is 13.8 Å². The molecule has 1 atom stereocenters. The first kappa shape index (κ1) is 21.2. The van der Waals surface area contributed by atoms with Crippen LogP contribution in [0.3, 0.4) is 0 Å². The molecule has 1 unspecified atom stereocenters. The summed E-state index contributed by atoms with van der Waals surface area (Å²) in [6, 6.07) is 7.21. The van der Waals surface area contributed by atoms with Crippen molar-refractivity contribution in [1.82, 2.24) is 14.8 Å². The number of aryl methyl sites for hydroxylation is 2. The van der Waals surface area contributed by atoms with Gasteiger partial charge in [-0.3, -0.25) is 14.4 Å². The number of amides is 3. The molecule has 7 heteroatoms. The minimum atomic E-state index is -0.210. The Bertz CT molecular complexity index is 1000. The third-order valence-electron chi connectivity index (χ3n) is 6.23. The summed E-state index contributed by atoms with van der Waals surface area (Å²) < 4.78 is 1.84. The van der Waals surface area contributed by atoms with Crippen molar-refractivity contribution in [2.75, 3.05) is 25.0 Å². The van der Waals surface area contributed by atoms with E-state index in [1.54, 1.807) is 12.3 Å². The topological polar surface area (TPSA) is 83.4 Å². The molecule has 0 saturated carbocycles. The summed E-state index contributed by atoms with van der Waals surface area (Å²) in [5, 5.41) is 5.79. The van der Waals surface area contributed by atoms with Gasteiger partial charge >= 0.3 is 0 Å². The van der Waals surface area contributed by atoms with Gasteiger partial charge in [0.25, 0.3) is 11.8 Å². The average Bonchev–Trinajstić information content (AvgIpc) is 2.96. The highest BCUT2D eigenvalue weighted by Crippen LogP contribution is 2.26. The zero-order valence-electron chi connectivity index (χ0n) is 18.2. The lowest BCUT2D eigenvalue weighted by atomic mass is 10.1. The van der Waals surface area contributed by atoms with Crippen molar-refractivity contribution in [1.29, 1.82) is 0 Å². The van der Waals surface area contributed by atoms with Crippen molar-refractivity contribution < 1.29 is 14.4 Å². The first-order valence-corrected chi connectivity index (χ1v) is 11.1. The van der Waals surface area contributed by atoms with E-state index in [1.165, 1.54) is 12.8 Å². The highest BCUT2D eigenvalue weighted by atomic mass is 16.2. The van der Waals surface area contributed by atoms with Crippen LogP contribution in [0.5, 0.6) is 0 Å². The molecule has 3 heterocycles. The maximum atomic E-state index is 12.9. The number of fused-ring (bicyclic) bond motifs is 1. The van der Waals surface area contributed by atoms with E-state index in [0.717, 1.165) is 37.1 Å². The van der Waals surface area contributed by atoms with Crippen LogP contribution in [-0.4, -0.2) is 46.8 Å². The molecule has 2 aliphatic rings. The molecule has 2 aliphatic heterocycles. The third kappa shape index (κ3) is 4.65. The van der Waals surface area contributed by atoms with Crippen molar-refractivity contribution in [3.8, 4) is 0 Å². The Labute approximate surface area is 182 Å². The molecule has 1 aromatic carbocycles. The van der Waals surface area contributed by atoms with Gasteiger partial charge in [0, 0.05) is 37.8 Å². The van der Waals surface area contributed by atoms with Crippen LogP contribution in [0.1, 0.15) is 70.1 Å². The number of hydrogen-bond donors (Lipinski definition) is 2. The summed E-state index contributed by atoms with van der Waals surface area (Å²) in [5.41, 5.74) is 3.63. The van der Waals surface area contributed by atoms with Crippen LogP contribution < -0.4 is 10.6 Å². The Kier molecular flexibility index (Phi) is 6.11. The fraction of sp³-hybridized carbons (Fsp3) is 0.458. The number of benzene rings is 1. The molecule has 164 valence electrons. The zero-order valence-corrected chi connectivity index (χ0v) is 18.2. The Morgan fingerprint density at radius 3 is 2.55 bits per heavy atom. The highest BCUT2D eigenvalue weighted by Gasteiger charge is 2.29. The van der Waals surface area contributed by atoms with Gasteiger partial charge < -0.3 is 20.1 Å². The second kappa shape index (κ2) is 8.96. The summed E-state index contributed by atoms with van der Waals surface area (Å²) >= 11 is 0. The number of rotatable bonds is 4. The Hall–Kier alpha value is -3.09. The smallest absolute Gasteiger partial charge is 0.268 e. The molecule has 2 N–H and O–H groups in total. The lowest BCUT2D eigenvalue weighted by Gasteiger charge is -2.28. The number of carbonyl (C=O) groups is 3. The predicted molar refractivity (Wildman–Crippen MR) is 119 cm³/mol. The summed E-state index contributed by atoms with van der Waals surface area (Å²) in [7, 11) is 0. The van der Waals surface area contributed by atoms with Crippen molar-refractivity contribution >= 4 is 23.4 Å². The van der Waals surface area contributed by atoms with Gasteiger partial charge in [0.15, 0.2) is 0 Å². The van der Waals surface area contributed by atoms with Gasteiger partial charge in [-0.2, -0.15) is 0 Å². The van der Waals surface area contributed by atoms with E-state index < -0.39 is 0 Å². The molecule has 4 rings (SSSR count). The second-order valence-electron chi connectivity index (χ2n) is 8.66. The molecule has 1 saturated heterocycles. The van der Waals surface area contributed by atoms with Gasteiger partial charge in [0.05, 0.1) is 11.7 Å². The van der Waals surface area contributed by atoms with Crippen LogP contribution in [0.25, 0.3) is 0 Å². The summed E-state index contributed by atoms with van der Waals surface area (Å²) in [6.07, 6.45) is 6.57. The number of anilines is 1. The van der Waals surface area contributed by atoms with E-state index in [0.29, 0.717) is 29.9 Å². The maximum Gasteiger partial charge on any atom is 0.268 e. The lowest BCUT2D eigenvalue weighted by Crippen LogP contribution is -2.41. The van der Waals surface area contributed by atoms with Crippen molar-refractivity contribution in [2.24, 2.45) is 0 Å². The molecular weight excluding hydrogens is 392 g/mol. The number of carbonyl (C=O) groups excluding carboxylic acids is 3. The van der Waals surface area contributed by atoms with E-state index >= 15 is 0 Å². The number of likely N-dealkylation sites (tertiary alicyclic amines) is 1. The van der Waals surface area contributed by atoms with E-state index in [2.05, 4.69) is 10.6 Å². The number of aromatic nitrogens is 1. The number of hydrogen-bond acceptors (Lipinski definition) is 3.